The number of benzene rings is 2. The molecule has 1 saturated heterocycles. The van der Waals surface area contributed by atoms with Gasteiger partial charge in [0.25, 0.3) is 5.91 Å². The van der Waals surface area contributed by atoms with E-state index >= 15 is 0 Å². The van der Waals surface area contributed by atoms with Crippen molar-refractivity contribution in [1.82, 2.24) is 14.4 Å². The average Bonchev–Trinajstić information content (AvgIpc) is 3.24. The van der Waals surface area contributed by atoms with Crippen molar-refractivity contribution in [1.29, 1.82) is 0 Å². The third-order valence-corrected chi connectivity index (χ3v) is 7.02. The predicted molar refractivity (Wildman–Crippen MR) is 143 cm³/mol. The molecular formula is C29H35F2N3O5. The summed E-state index contributed by atoms with van der Waals surface area (Å²) in [5.74, 6) is -2.32. The van der Waals surface area contributed by atoms with Crippen LogP contribution in [0.25, 0.3) is 10.9 Å². The van der Waals surface area contributed by atoms with Crippen LogP contribution in [0.1, 0.15) is 36.8 Å². The zero-order chi connectivity index (χ0) is 28.2. The number of carboxylic acid groups (broad SMARTS) is 1. The van der Waals surface area contributed by atoms with Gasteiger partial charge in [0.2, 0.25) is 0 Å². The third-order valence-electron chi connectivity index (χ3n) is 7.02. The van der Waals surface area contributed by atoms with Crippen LogP contribution in [0.15, 0.2) is 48.5 Å². The number of hydrogen-bond donors (Lipinski definition) is 1. The number of carbonyl (C=O) groups excluding carboxylic acids is 1. The SMILES string of the molecule is CC(C)(C)C1CN(C(=O)c2cc3cc(F)c(F)cc3n2CCOCCOCc2ccccc2)CCN1C(=O)O. The second-order valence-corrected chi connectivity index (χ2v) is 10.8. The first-order valence-corrected chi connectivity index (χ1v) is 13.0. The molecule has 2 heterocycles. The lowest BCUT2D eigenvalue weighted by molar-refractivity contribution is 0.0190. The molecule has 1 aliphatic rings. The van der Waals surface area contributed by atoms with E-state index in [1.54, 1.807) is 15.5 Å². The van der Waals surface area contributed by atoms with Crippen LogP contribution in [0.4, 0.5) is 13.6 Å². The number of piperazine rings is 1. The van der Waals surface area contributed by atoms with E-state index in [9.17, 15) is 23.5 Å². The minimum absolute atomic E-state index is 0.179. The maximum atomic E-state index is 14.2. The summed E-state index contributed by atoms with van der Waals surface area (Å²) >= 11 is 0. The molecule has 2 amide bonds. The molecule has 210 valence electrons. The Morgan fingerprint density at radius 3 is 2.36 bits per heavy atom. The minimum Gasteiger partial charge on any atom is -0.465 e. The molecule has 4 rings (SSSR count). The molecule has 1 unspecified atom stereocenters. The summed E-state index contributed by atoms with van der Waals surface area (Å²) < 4.78 is 41.2. The van der Waals surface area contributed by atoms with Crippen molar-refractivity contribution in [3.8, 4) is 0 Å². The maximum Gasteiger partial charge on any atom is 0.407 e. The first-order valence-electron chi connectivity index (χ1n) is 13.0. The molecular weight excluding hydrogens is 508 g/mol. The van der Waals surface area contributed by atoms with E-state index in [-0.39, 0.29) is 44.4 Å². The summed E-state index contributed by atoms with van der Waals surface area (Å²) in [6.45, 7) is 8.09. The Bertz CT molecular complexity index is 1310. The highest BCUT2D eigenvalue weighted by Crippen LogP contribution is 2.30. The topological polar surface area (TPSA) is 84.2 Å². The van der Waals surface area contributed by atoms with E-state index in [2.05, 4.69) is 0 Å². The molecule has 0 aliphatic carbocycles. The molecule has 1 atom stereocenters. The Morgan fingerprint density at radius 2 is 1.67 bits per heavy atom. The summed E-state index contributed by atoms with van der Waals surface area (Å²) in [7, 11) is 0. The van der Waals surface area contributed by atoms with Crippen LogP contribution in [0.2, 0.25) is 0 Å². The quantitative estimate of drug-likeness (QED) is 0.384. The number of ether oxygens (including phenoxy) is 2. The molecule has 0 spiro atoms. The highest BCUT2D eigenvalue weighted by atomic mass is 19.2. The van der Waals surface area contributed by atoms with Crippen molar-refractivity contribution < 1.29 is 33.0 Å². The summed E-state index contributed by atoms with van der Waals surface area (Å²) in [5, 5.41) is 10.1. The zero-order valence-electron chi connectivity index (χ0n) is 22.5. The number of fused-ring (bicyclic) bond motifs is 1. The van der Waals surface area contributed by atoms with Gasteiger partial charge in [-0.3, -0.25) is 4.79 Å². The molecule has 1 fully saturated rings. The van der Waals surface area contributed by atoms with Gasteiger partial charge in [-0.1, -0.05) is 51.1 Å². The number of aromatic nitrogens is 1. The van der Waals surface area contributed by atoms with Gasteiger partial charge in [-0.05, 0) is 23.1 Å². The molecule has 2 aromatic carbocycles. The highest BCUT2D eigenvalue weighted by Gasteiger charge is 2.40. The second kappa shape index (κ2) is 12.1. The smallest absolute Gasteiger partial charge is 0.407 e. The van der Waals surface area contributed by atoms with E-state index in [1.165, 1.54) is 4.90 Å². The number of halogens is 2. The normalized spacial score (nSPS) is 16.2. The van der Waals surface area contributed by atoms with Crippen molar-refractivity contribution in [2.24, 2.45) is 5.41 Å². The zero-order valence-corrected chi connectivity index (χ0v) is 22.5. The van der Waals surface area contributed by atoms with Gasteiger partial charge in [-0.2, -0.15) is 0 Å². The van der Waals surface area contributed by atoms with Gasteiger partial charge in [0.05, 0.1) is 38.0 Å². The van der Waals surface area contributed by atoms with Crippen LogP contribution < -0.4 is 0 Å². The fourth-order valence-electron chi connectivity index (χ4n) is 4.91. The van der Waals surface area contributed by atoms with Crippen molar-refractivity contribution >= 4 is 22.9 Å². The molecule has 1 aliphatic heterocycles. The van der Waals surface area contributed by atoms with E-state index < -0.39 is 29.2 Å². The molecule has 1 N–H and O–H groups in total. The molecule has 3 aromatic rings. The van der Waals surface area contributed by atoms with E-state index in [0.717, 1.165) is 17.7 Å². The highest BCUT2D eigenvalue weighted by molar-refractivity contribution is 5.99. The van der Waals surface area contributed by atoms with E-state index in [0.29, 0.717) is 30.7 Å². The monoisotopic (exact) mass is 543 g/mol. The Morgan fingerprint density at radius 1 is 0.974 bits per heavy atom. The van der Waals surface area contributed by atoms with Crippen molar-refractivity contribution in [3.05, 3.63) is 71.4 Å². The van der Waals surface area contributed by atoms with E-state index in [4.69, 9.17) is 9.47 Å². The Hall–Kier alpha value is -3.50. The molecule has 1 aromatic heterocycles. The van der Waals surface area contributed by atoms with E-state index in [1.807, 2.05) is 51.1 Å². The number of amides is 2. The molecule has 0 bridgehead atoms. The molecule has 10 heteroatoms. The van der Waals surface area contributed by atoms with Crippen LogP contribution in [0.5, 0.6) is 0 Å². The average molecular weight is 544 g/mol. The number of hydrogen-bond acceptors (Lipinski definition) is 4. The largest absolute Gasteiger partial charge is 0.465 e. The van der Waals surface area contributed by atoms with Crippen LogP contribution in [-0.4, -0.2) is 77.0 Å². The molecule has 0 radical (unpaired) electrons. The second-order valence-electron chi connectivity index (χ2n) is 10.8. The first-order chi connectivity index (χ1) is 18.6. The minimum atomic E-state index is -1.02. The Kier molecular flexibility index (Phi) is 8.87. The number of rotatable bonds is 9. The number of carbonyl (C=O) groups is 2. The molecule has 0 saturated carbocycles. The summed E-state index contributed by atoms with van der Waals surface area (Å²) in [5.41, 5.74) is 1.33. The summed E-state index contributed by atoms with van der Waals surface area (Å²) in [4.78, 5) is 28.5. The van der Waals surface area contributed by atoms with Gasteiger partial charge >= 0.3 is 6.09 Å². The van der Waals surface area contributed by atoms with Crippen molar-refractivity contribution in [3.63, 3.8) is 0 Å². The third kappa shape index (κ3) is 6.75. The molecule has 39 heavy (non-hydrogen) atoms. The number of nitrogens with zero attached hydrogens (tertiary/aromatic N) is 3. The van der Waals surface area contributed by atoms with Crippen LogP contribution in [0, 0.1) is 17.0 Å². The predicted octanol–water partition coefficient (Wildman–Crippen LogP) is 5.00. The lowest BCUT2D eigenvalue weighted by Gasteiger charge is -2.45. The van der Waals surface area contributed by atoms with Gasteiger partial charge in [-0.15, -0.1) is 0 Å². The summed E-state index contributed by atoms with van der Waals surface area (Å²) in [6, 6.07) is 13.1. The fraction of sp³-hybridized carbons (Fsp3) is 0.448. The first kappa shape index (κ1) is 28.5. The van der Waals surface area contributed by atoms with Gasteiger partial charge in [0.1, 0.15) is 5.69 Å². The maximum absolute atomic E-state index is 14.2. The standard InChI is InChI=1S/C29H35F2N3O5/c1-29(2,3)26-18-32(9-10-34(26)28(36)37)27(35)25-16-21-15-22(30)23(31)17-24(21)33(25)11-12-38-13-14-39-19-20-7-5-4-6-8-20/h4-8,15-17,26H,9-14,18-19H2,1-3H3,(H,36,37). The fourth-order valence-corrected chi connectivity index (χ4v) is 4.91. The van der Waals surface area contributed by atoms with Crippen LogP contribution in [0.3, 0.4) is 0 Å². The molecule has 8 nitrogen and oxygen atoms in total. The van der Waals surface area contributed by atoms with Gasteiger partial charge in [0.15, 0.2) is 11.6 Å². The van der Waals surface area contributed by atoms with Gasteiger partial charge < -0.3 is 28.9 Å². The lowest BCUT2D eigenvalue weighted by atomic mass is 9.84. The van der Waals surface area contributed by atoms with Crippen molar-refractivity contribution in [2.45, 2.75) is 40.0 Å². The van der Waals surface area contributed by atoms with Gasteiger partial charge in [-0.25, -0.2) is 13.6 Å². The summed E-state index contributed by atoms with van der Waals surface area (Å²) in [6.07, 6.45) is -1.02. The van der Waals surface area contributed by atoms with Crippen molar-refractivity contribution in [2.75, 3.05) is 39.5 Å². The lowest BCUT2D eigenvalue weighted by Crippen LogP contribution is -2.60. The Balaban J connectivity index is 1.46. The van der Waals surface area contributed by atoms with Crippen LogP contribution >= 0.6 is 0 Å². The Labute approximate surface area is 226 Å². The van der Waals surface area contributed by atoms with Crippen LogP contribution in [-0.2, 0) is 22.6 Å². The van der Waals surface area contributed by atoms with Gasteiger partial charge in [0, 0.05) is 37.6 Å².